The normalized spacial score (nSPS) is 10.8. The van der Waals surface area contributed by atoms with E-state index >= 15 is 0 Å². The maximum absolute atomic E-state index is 8.57. The van der Waals surface area contributed by atoms with E-state index in [1.165, 1.54) is 13.3 Å². The van der Waals surface area contributed by atoms with Crippen LogP contribution in [0.25, 0.3) is 0 Å². The Morgan fingerprint density at radius 2 is 1.95 bits per heavy atom. The topological polar surface area (TPSA) is 51.0 Å². The molecule has 0 radical (unpaired) electrons. The van der Waals surface area contributed by atoms with Crippen LogP contribution in [-0.4, -0.2) is 18.5 Å². The van der Waals surface area contributed by atoms with Crippen LogP contribution in [0.4, 0.5) is 0 Å². The summed E-state index contributed by atoms with van der Waals surface area (Å²) < 4.78 is 11.0. The molecule has 0 saturated heterocycles. The molecule has 2 aromatic carbocycles. The lowest BCUT2D eigenvalue weighted by Gasteiger charge is -2.13. The van der Waals surface area contributed by atoms with Crippen molar-refractivity contribution in [2.45, 2.75) is 6.61 Å². The van der Waals surface area contributed by atoms with E-state index in [1.807, 2.05) is 18.2 Å². The van der Waals surface area contributed by atoms with Crippen LogP contribution in [0.1, 0.15) is 11.1 Å². The maximum atomic E-state index is 8.57. The lowest BCUT2D eigenvalue weighted by molar-refractivity contribution is 0.284. The van der Waals surface area contributed by atoms with E-state index in [-0.39, 0.29) is 6.61 Å². The monoisotopic (exact) mass is 325 g/mol. The third-order valence-electron chi connectivity index (χ3n) is 2.79. The van der Waals surface area contributed by atoms with Crippen molar-refractivity contribution in [3.63, 3.8) is 0 Å². The van der Waals surface area contributed by atoms with Gasteiger partial charge in [0.05, 0.1) is 18.3 Å². The first-order chi connectivity index (χ1) is 10.2. The Bertz CT molecular complexity index is 659. The zero-order chi connectivity index (χ0) is 15.2. The van der Waals surface area contributed by atoms with Gasteiger partial charge in [0.25, 0.3) is 0 Å². The van der Waals surface area contributed by atoms with Crippen molar-refractivity contribution in [1.82, 2.24) is 0 Å². The van der Waals surface area contributed by atoms with E-state index in [1.54, 1.807) is 18.2 Å². The highest BCUT2D eigenvalue weighted by Crippen LogP contribution is 2.36. The van der Waals surface area contributed by atoms with Gasteiger partial charge in [0, 0.05) is 16.1 Å². The fraction of sp³-hybridized carbons (Fsp3) is 0.133. The van der Waals surface area contributed by atoms with Crippen LogP contribution in [-0.2, 0) is 6.61 Å². The molecule has 0 heterocycles. The average Bonchev–Trinajstić information content (AvgIpc) is 2.47. The number of benzene rings is 2. The number of rotatable bonds is 5. The van der Waals surface area contributed by atoms with Gasteiger partial charge >= 0.3 is 0 Å². The molecule has 0 unspecified atom stereocenters. The number of hydrogen-bond acceptors (Lipinski definition) is 4. The summed E-state index contributed by atoms with van der Waals surface area (Å²) >= 11 is 12.3. The van der Waals surface area contributed by atoms with E-state index in [9.17, 15) is 0 Å². The zero-order valence-corrected chi connectivity index (χ0v) is 12.7. The van der Waals surface area contributed by atoms with Gasteiger partial charge in [-0.3, -0.25) is 0 Å². The second-order valence-corrected chi connectivity index (χ2v) is 4.97. The Morgan fingerprint density at radius 3 is 2.62 bits per heavy atom. The summed E-state index contributed by atoms with van der Waals surface area (Å²) in [7, 11) is 1.51. The van der Waals surface area contributed by atoms with Gasteiger partial charge in [-0.25, -0.2) is 0 Å². The van der Waals surface area contributed by atoms with Crippen molar-refractivity contribution in [1.29, 1.82) is 0 Å². The van der Waals surface area contributed by atoms with Crippen molar-refractivity contribution in [3.05, 3.63) is 57.6 Å². The van der Waals surface area contributed by atoms with Gasteiger partial charge in [0.15, 0.2) is 11.5 Å². The zero-order valence-electron chi connectivity index (χ0n) is 11.2. The molecule has 0 spiro atoms. The maximum Gasteiger partial charge on any atom is 0.180 e. The SMILES string of the molecule is COc1cc(/C=N/O)cc(Cl)c1OCc1ccccc1Cl. The highest BCUT2D eigenvalue weighted by atomic mass is 35.5. The van der Waals surface area contributed by atoms with Crippen LogP contribution >= 0.6 is 23.2 Å². The molecule has 21 heavy (non-hydrogen) atoms. The Labute approximate surface area is 132 Å². The predicted molar refractivity (Wildman–Crippen MR) is 83.2 cm³/mol. The van der Waals surface area contributed by atoms with E-state index in [0.29, 0.717) is 27.1 Å². The summed E-state index contributed by atoms with van der Waals surface area (Å²) in [5.74, 6) is 0.860. The quantitative estimate of drug-likeness (QED) is 0.504. The number of methoxy groups -OCH3 is 1. The minimum atomic E-state index is 0.267. The number of nitrogens with zero attached hydrogens (tertiary/aromatic N) is 1. The van der Waals surface area contributed by atoms with Crippen molar-refractivity contribution in [3.8, 4) is 11.5 Å². The fourth-order valence-corrected chi connectivity index (χ4v) is 2.25. The van der Waals surface area contributed by atoms with Crippen molar-refractivity contribution in [2.24, 2.45) is 5.16 Å². The first-order valence-corrected chi connectivity index (χ1v) is 6.82. The van der Waals surface area contributed by atoms with Crippen LogP contribution in [0, 0.1) is 0 Å². The molecule has 0 atom stereocenters. The Balaban J connectivity index is 2.25. The van der Waals surface area contributed by atoms with Crippen LogP contribution in [0.5, 0.6) is 11.5 Å². The largest absolute Gasteiger partial charge is 0.493 e. The minimum absolute atomic E-state index is 0.267. The molecular formula is C15H13Cl2NO3. The van der Waals surface area contributed by atoms with E-state index in [2.05, 4.69) is 5.16 Å². The predicted octanol–water partition coefficient (Wildman–Crippen LogP) is 4.39. The molecule has 0 aliphatic rings. The number of hydrogen-bond donors (Lipinski definition) is 1. The minimum Gasteiger partial charge on any atom is -0.493 e. The summed E-state index contributed by atoms with van der Waals surface area (Å²) in [5, 5.41) is 12.5. The summed E-state index contributed by atoms with van der Waals surface area (Å²) in [4.78, 5) is 0. The number of oxime groups is 1. The van der Waals surface area contributed by atoms with Crippen LogP contribution in [0.2, 0.25) is 10.0 Å². The molecule has 0 amide bonds. The van der Waals surface area contributed by atoms with Gasteiger partial charge in [0.2, 0.25) is 0 Å². The molecule has 4 nitrogen and oxygen atoms in total. The average molecular weight is 326 g/mol. The second kappa shape index (κ2) is 7.20. The van der Waals surface area contributed by atoms with Crippen LogP contribution < -0.4 is 9.47 Å². The van der Waals surface area contributed by atoms with Gasteiger partial charge in [-0.1, -0.05) is 46.6 Å². The molecule has 0 fully saturated rings. The third kappa shape index (κ3) is 3.80. The highest BCUT2D eigenvalue weighted by molar-refractivity contribution is 6.32. The van der Waals surface area contributed by atoms with Crippen molar-refractivity contribution >= 4 is 29.4 Å². The van der Waals surface area contributed by atoms with Crippen LogP contribution in [0.3, 0.4) is 0 Å². The molecular weight excluding hydrogens is 313 g/mol. The van der Waals surface area contributed by atoms with Gasteiger partial charge in [-0.2, -0.15) is 0 Å². The molecule has 0 aliphatic carbocycles. The van der Waals surface area contributed by atoms with Crippen LogP contribution in [0.15, 0.2) is 41.6 Å². The van der Waals surface area contributed by atoms with Gasteiger partial charge in [-0.05, 0) is 18.2 Å². The molecule has 0 saturated carbocycles. The molecule has 1 N–H and O–H groups in total. The molecule has 0 bridgehead atoms. The van der Waals surface area contributed by atoms with E-state index in [4.69, 9.17) is 37.9 Å². The smallest absolute Gasteiger partial charge is 0.180 e. The van der Waals surface area contributed by atoms with Crippen molar-refractivity contribution in [2.75, 3.05) is 7.11 Å². The molecule has 0 aliphatic heterocycles. The highest BCUT2D eigenvalue weighted by Gasteiger charge is 2.12. The van der Waals surface area contributed by atoms with E-state index < -0.39 is 0 Å². The third-order valence-corrected chi connectivity index (χ3v) is 3.44. The van der Waals surface area contributed by atoms with Crippen molar-refractivity contribution < 1.29 is 14.7 Å². The molecule has 110 valence electrons. The Hall–Kier alpha value is -1.91. The van der Waals surface area contributed by atoms with Gasteiger partial charge in [0.1, 0.15) is 6.61 Å². The standard InChI is InChI=1S/C15H13Cl2NO3/c1-20-14-7-10(8-18-19)6-13(17)15(14)21-9-11-4-2-3-5-12(11)16/h2-8,19H,9H2,1H3/b18-8+. The lowest BCUT2D eigenvalue weighted by Crippen LogP contribution is -2.00. The Morgan fingerprint density at radius 1 is 1.19 bits per heavy atom. The molecule has 6 heteroatoms. The number of ether oxygens (including phenoxy) is 2. The van der Waals surface area contributed by atoms with Gasteiger partial charge < -0.3 is 14.7 Å². The van der Waals surface area contributed by atoms with E-state index in [0.717, 1.165) is 5.56 Å². The Kier molecular flexibility index (Phi) is 5.31. The summed E-state index contributed by atoms with van der Waals surface area (Å²) in [5.41, 5.74) is 1.45. The fourth-order valence-electron chi connectivity index (χ4n) is 1.79. The first kappa shape index (κ1) is 15.5. The summed E-state index contributed by atoms with van der Waals surface area (Å²) in [6, 6.07) is 10.7. The molecule has 2 aromatic rings. The van der Waals surface area contributed by atoms with Gasteiger partial charge in [-0.15, -0.1) is 0 Å². The lowest BCUT2D eigenvalue weighted by atomic mass is 10.2. The summed E-state index contributed by atoms with van der Waals surface area (Å²) in [6.45, 7) is 0.267. The second-order valence-electron chi connectivity index (χ2n) is 4.16. The summed E-state index contributed by atoms with van der Waals surface area (Å²) in [6.07, 6.45) is 1.26. The molecule has 0 aromatic heterocycles. The first-order valence-electron chi connectivity index (χ1n) is 6.07. The number of halogens is 2. The molecule has 2 rings (SSSR count).